The second-order valence-electron chi connectivity index (χ2n) is 5.44. The molecule has 2 rings (SSSR count). The Labute approximate surface area is 126 Å². The van der Waals surface area contributed by atoms with Crippen LogP contribution in [0.3, 0.4) is 0 Å². The Balaban J connectivity index is 2.04. The zero-order valence-corrected chi connectivity index (χ0v) is 13.0. The molecule has 4 heteroatoms. The minimum absolute atomic E-state index is 0.114. The molecule has 2 N–H and O–H groups in total. The van der Waals surface area contributed by atoms with Crippen molar-refractivity contribution in [3.05, 3.63) is 28.8 Å². The van der Waals surface area contributed by atoms with Crippen molar-refractivity contribution in [2.75, 3.05) is 13.2 Å². The van der Waals surface area contributed by atoms with Crippen LogP contribution in [0.1, 0.15) is 43.4 Å². The van der Waals surface area contributed by atoms with E-state index in [2.05, 4.69) is 6.07 Å². The van der Waals surface area contributed by atoms with E-state index in [4.69, 9.17) is 15.2 Å². The largest absolute Gasteiger partial charge is 0.494 e. The van der Waals surface area contributed by atoms with Crippen LogP contribution in [0.2, 0.25) is 0 Å². The molecule has 4 nitrogen and oxygen atoms in total. The maximum absolute atomic E-state index is 11.4. The lowest BCUT2D eigenvalue weighted by Gasteiger charge is -2.13. The van der Waals surface area contributed by atoms with Crippen LogP contribution >= 0.6 is 0 Å². The van der Waals surface area contributed by atoms with Crippen LogP contribution in [-0.4, -0.2) is 25.2 Å². The molecule has 21 heavy (non-hydrogen) atoms. The molecule has 0 saturated carbocycles. The van der Waals surface area contributed by atoms with Crippen LogP contribution in [0.15, 0.2) is 12.1 Å². The number of aryl methyl sites for hydroxylation is 1. The topological polar surface area (TPSA) is 61.5 Å². The minimum Gasteiger partial charge on any atom is -0.494 e. The summed E-state index contributed by atoms with van der Waals surface area (Å²) in [5, 5.41) is 0. The maximum atomic E-state index is 11.4. The molecule has 0 aliphatic heterocycles. The third-order valence-electron chi connectivity index (χ3n) is 3.85. The van der Waals surface area contributed by atoms with Crippen molar-refractivity contribution in [2.45, 2.75) is 52.0 Å². The summed E-state index contributed by atoms with van der Waals surface area (Å²) in [5.74, 6) is 0.853. The number of nitrogens with two attached hydrogens (primary N) is 1. The fraction of sp³-hybridized carbons (Fsp3) is 0.588. The zero-order valence-electron chi connectivity index (χ0n) is 13.0. The van der Waals surface area contributed by atoms with Gasteiger partial charge >= 0.3 is 5.97 Å². The molecule has 1 aliphatic rings. The van der Waals surface area contributed by atoms with Gasteiger partial charge in [0.15, 0.2) is 0 Å². The van der Waals surface area contributed by atoms with Gasteiger partial charge in [-0.05, 0) is 62.3 Å². The minimum atomic E-state index is -0.114. The van der Waals surface area contributed by atoms with Gasteiger partial charge in [0.25, 0.3) is 0 Å². The molecule has 0 saturated heterocycles. The van der Waals surface area contributed by atoms with Crippen LogP contribution in [-0.2, 0) is 28.8 Å². The maximum Gasteiger partial charge on any atom is 0.305 e. The van der Waals surface area contributed by atoms with E-state index in [1.165, 1.54) is 16.7 Å². The summed E-state index contributed by atoms with van der Waals surface area (Å²) in [6.07, 6.45) is 3.97. The Morgan fingerprint density at radius 1 is 1.24 bits per heavy atom. The molecule has 1 aromatic carbocycles. The van der Waals surface area contributed by atoms with Crippen LogP contribution in [0.25, 0.3) is 0 Å². The summed E-state index contributed by atoms with van der Waals surface area (Å²) in [6.45, 7) is 4.95. The van der Waals surface area contributed by atoms with Gasteiger partial charge in [0.2, 0.25) is 0 Å². The number of benzene rings is 1. The van der Waals surface area contributed by atoms with Gasteiger partial charge in [0.1, 0.15) is 5.75 Å². The molecule has 1 aliphatic carbocycles. The molecule has 0 radical (unpaired) electrons. The molecule has 0 spiro atoms. The highest BCUT2D eigenvalue weighted by Gasteiger charge is 2.24. The van der Waals surface area contributed by atoms with Gasteiger partial charge in [0.05, 0.1) is 13.2 Å². The highest BCUT2D eigenvalue weighted by Crippen LogP contribution is 2.33. The lowest BCUT2D eigenvalue weighted by molar-refractivity contribution is -0.143. The van der Waals surface area contributed by atoms with E-state index >= 15 is 0 Å². The number of esters is 1. The summed E-state index contributed by atoms with van der Waals surface area (Å²) < 4.78 is 10.7. The summed E-state index contributed by atoms with van der Waals surface area (Å²) in [6, 6.07) is 4.35. The second kappa shape index (κ2) is 7.46. The number of fused-ring (bicyclic) bond motifs is 1. The lowest BCUT2D eigenvalue weighted by Crippen LogP contribution is -2.19. The van der Waals surface area contributed by atoms with Crippen molar-refractivity contribution in [2.24, 2.45) is 5.73 Å². The first kappa shape index (κ1) is 15.8. The van der Waals surface area contributed by atoms with E-state index < -0.39 is 0 Å². The normalized spacial score (nSPS) is 16.6. The number of carbonyl (C=O) groups is 1. The zero-order chi connectivity index (χ0) is 15.2. The molecule has 0 aromatic heterocycles. The Hall–Kier alpha value is -1.55. The van der Waals surface area contributed by atoms with E-state index in [9.17, 15) is 4.79 Å². The Morgan fingerprint density at radius 3 is 2.71 bits per heavy atom. The van der Waals surface area contributed by atoms with Gasteiger partial charge < -0.3 is 15.2 Å². The standard InChI is InChI=1S/C17H25NO3/c1-3-20-16-9-8-12(6-5-7-17(19)21-4-2)14-10-13(18)11-15(14)16/h8-9,13H,3-7,10-11,18H2,1-2H3. The highest BCUT2D eigenvalue weighted by atomic mass is 16.5. The predicted molar refractivity (Wildman–Crippen MR) is 82.6 cm³/mol. The molecular weight excluding hydrogens is 266 g/mol. The molecule has 0 amide bonds. The molecule has 116 valence electrons. The third kappa shape index (κ3) is 3.97. The number of ether oxygens (including phenoxy) is 2. The first-order chi connectivity index (χ1) is 10.2. The SMILES string of the molecule is CCOC(=O)CCCc1ccc(OCC)c2c1CC(N)C2. The van der Waals surface area contributed by atoms with E-state index in [1.54, 1.807) is 0 Å². The Kier molecular flexibility index (Phi) is 5.62. The lowest BCUT2D eigenvalue weighted by atomic mass is 9.98. The van der Waals surface area contributed by atoms with Crippen LogP contribution in [0.5, 0.6) is 5.75 Å². The third-order valence-corrected chi connectivity index (χ3v) is 3.85. The van der Waals surface area contributed by atoms with Gasteiger partial charge in [-0.1, -0.05) is 6.07 Å². The number of carbonyl (C=O) groups excluding carboxylic acids is 1. The molecule has 0 bridgehead atoms. The van der Waals surface area contributed by atoms with E-state index in [0.29, 0.717) is 19.6 Å². The fourth-order valence-corrected chi connectivity index (χ4v) is 2.98. The van der Waals surface area contributed by atoms with Crippen LogP contribution < -0.4 is 10.5 Å². The van der Waals surface area contributed by atoms with Gasteiger partial charge in [-0.3, -0.25) is 4.79 Å². The first-order valence-electron chi connectivity index (χ1n) is 7.83. The quantitative estimate of drug-likeness (QED) is 0.784. The van der Waals surface area contributed by atoms with Gasteiger partial charge in [-0.15, -0.1) is 0 Å². The second-order valence-corrected chi connectivity index (χ2v) is 5.44. The van der Waals surface area contributed by atoms with Gasteiger partial charge in [-0.2, -0.15) is 0 Å². The first-order valence-corrected chi connectivity index (χ1v) is 7.83. The van der Waals surface area contributed by atoms with Crippen molar-refractivity contribution in [3.8, 4) is 5.75 Å². The number of hydrogen-bond acceptors (Lipinski definition) is 4. The molecule has 1 aromatic rings. The number of hydrogen-bond donors (Lipinski definition) is 1. The van der Waals surface area contributed by atoms with Gasteiger partial charge in [0, 0.05) is 12.5 Å². The van der Waals surface area contributed by atoms with E-state index in [0.717, 1.165) is 31.4 Å². The summed E-state index contributed by atoms with van der Waals surface area (Å²) in [4.78, 5) is 11.4. The van der Waals surface area contributed by atoms with Crippen LogP contribution in [0, 0.1) is 0 Å². The molecule has 0 fully saturated rings. The van der Waals surface area contributed by atoms with Crippen molar-refractivity contribution < 1.29 is 14.3 Å². The van der Waals surface area contributed by atoms with Crippen LogP contribution in [0.4, 0.5) is 0 Å². The summed E-state index contributed by atoms with van der Waals surface area (Å²) in [5.41, 5.74) is 10.00. The Bertz CT molecular complexity index is 499. The molecule has 1 atom stereocenters. The summed E-state index contributed by atoms with van der Waals surface area (Å²) >= 11 is 0. The average molecular weight is 291 g/mol. The van der Waals surface area contributed by atoms with Gasteiger partial charge in [-0.25, -0.2) is 0 Å². The smallest absolute Gasteiger partial charge is 0.305 e. The van der Waals surface area contributed by atoms with Crippen molar-refractivity contribution in [1.29, 1.82) is 0 Å². The molecule has 1 unspecified atom stereocenters. The Morgan fingerprint density at radius 2 is 2.00 bits per heavy atom. The van der Waals surface area contributed by atoms with Crippen molar-refractivity contribution in [3.63, 3.8) is 0 Å². The molecular formula is C17H25NO3. The molecule has 0 heterocycles. The monoisotopic (exact) mass is 291 g/mol. The van der Waals surface area contributed by atoms with E-state index in [1.807, 2.05) is 19.9 Å². The summed E-state index contributed by atoms with van der Waals surface area (Å²) in [7, 11) is 0. The van der Waals surface area contributed by atoms with Crippen molar-refractivity contribution >= 4 is 5.97 Å². The average Bonchev–Trinajstić information content (AvgIpc) is 2.83. The fourth-order valence-electron chi connectivity index (χ4n) is 2.98. The predicted octanol–water partition coefficient (Wildman–Crippen LogP) is 2.40. The highest BCUT2D eigenvalue weighted by molar-refractivity contribution is 5.69. The number of rotatable bonds is 7. The van der Waals surface area contributed by atoms with Crippen molar-refractivity contribution in [1.82, 2.24) is 0 Å². The van der Waals surface area contributed by atoms with E-state index in [-0.39, 0.29) is 12.0 Å².